The SMILES string of the molecule is COCc1cc(N[C@@H]2CCCc3cn(C4CCCC4)nc32)n2ncnc2n1. The number of hydrogen-bond donors (Lipinski definition) is 1. The lowest BCUT2D eigenvalue weighted by molar-refractivity contribution is 0.181. The average molecular weight is 367 g/mol. The number of rotatable bonds is 5. The third kappa shape index (κ3) is 3.07. The van der Waals surface area contributed by atoms with Crippen molar-refractivity contribution in [2.24, 2.45) is 0 Å². The molecular weight excluding hydrogens is 342 g/mol. The number of fused-ring (bicyclic) bond motifs is 2. The smallest absolute Gasteiger partial charge is 0.254 e. The highest BCUT2D eigenvalue weighted by molar-refractivity contribution is 5.47. The number of hydrogen-bond acceptors (Lipinski definition) is 6. The maximum atomic E-state index is 5.25. The zero-order chi connectivity index (χ0) is 18.2. The van der Waals surface area contributed by atoms with Gasteiger partial charge in [0.15, 0.2) is 0 Å². The number of anilines is 1. The summed E-state index contributed by atoms with van der Waals surface area (Å²) in [5, 5.41) is 13.0. The van der Waals surface area contributed by atoms with Gasteiger partial charge in [-0.3, -0.25) is 4.68 Å². The van der Waals surface area contributed by atoms with E-state index in [-0.39, 0.29) is 6.04 Å². The van der Waals surface area contributed by atoms with E-state index >= 15 is 0 Å². The number of nitrogens with one attached hydrogen (secondary N) is 1. The molecule has 3 heterocycles. The van der Waals surface area contributed by atoms with E-state index in [1.165, 1.54) is 43.3 Å². The molecule has 8 heteroatoms. The zero-order valence-electron chi connectivity index (χ0n) is 15.6. The van der Waals surface area contributed by atoms with Gasteiger partial charge in [-0.25, -0.2) is 4.98 Å². The number of methoxy groups -OCH3 is 1. The Hall–Kier alpha value is -2.48. The van der Waals surface area contributed by atoms with Gasteiger partial charge in [0.1, 0.15) is 12.1 Å². The Kier molecular flexibility index (Phi) is 4.27. The summed E-state index contributed by atoms with van der Waals surface area (Å²) in [5.74, 6) is 1.47. The lowest BCUT2D eigenvalue weighted by Gasteiger charge is -2.23. The molecule has 0 aromatic carbocycles. The molecule has 3 aromatic heterocycles. The second kappa shape index (κ2) is 6.92. The first-order chi connectivity index (χ1) is 13.3. The summed E-state index contributed by atoms with van der Waals surface area (Å²) in [6.07, 6.45) is 12.3. The molecule has 2 aliphatic rings. The van der Waals surface area contributed by atoms with Crippen LogP contribution in [-0.4, -0.2) is 36.5 Å². The third-order valence-corrected chi connectivity index (χ3v) is 5.73. The maximum absolute atomic E-state index is 5.25. The molecule has 0 aliphatic heterocycles. The quantitative estimate of drug-likeness (QED) is 0.746. The molecule has 3 aromatic rings. The standard InChI is InChI=1S/C19H25N7O/c1-27-11-14-9-17(26-19(22-14)20-12-21-26)23-16-8-4-5-13-10-25(24-18(13)16)15-6-2-3-7-15/h9-10,12,15-16,23H,2-8,11H2,1H3/t16-/m1/s1. The minimum atomic E-state index is 0.182. The van der Waals surface area contributed by atoms with Crippen molar-refractivity contribution in [1.82, 2.24) is 29.4 Å². The van der Waals surface area contributed by atoms with E-state index in [0.717, 1.165) is 30.8 Å². The van der Waals surface area contributed by atoms with Crippen LogP contribution in [-0.2, 0) is 17.8 Å². The van der Waals surface area contributed by atoms with Crippen molar-refractivity contribution in [3.05, 3.63) is 35.5 Å². The van der Waals surface area contributed by atoms with E-state index in [1.807, 2.05) is 6.07 Å². The van der Waals surface area contributed by atoms with Gasteiger partial charge < -0.3 is 10.1 Å². The Morgan fingerprint density at radius 1 is 1.22 bits per heavy atom. The van der Waals surface area contributed by atoms with Gasteiger partial charge in [-0.05, 0) is 37.7 Å². The van der Waals surface area contributed by atoms with Crippen LogP contribution >= 0.6 is 0 Å². The first-order valence-electron chi connectivity index (χ1n) is 9.85. The molecule has 2 aliphatic carbocycles. The fourth-order valence-corrected chi connectivity index (χ4v) is 4.42. The topological polar surface area (TPSA) is 82.2 Å². The van der Waals surface area contributed by atoms with Crippen molar-refractivity contribution in [1.29, 1.82) is 0 Å². The molecule has 0 spiro atoms. The van der Waals surface area contributed by atoms with E-state index in [4.69, 9.17) is 9.84 Å². The summed E-state index contributed by atoms with van der Waals surface area (Å²) in [7, 11) is 1.67. The molecule has 0 radical (unpaired) electrons. The molecule has 0 unspecified atom stereocenters. The molecule has 8 nitrogen and oxygen atoms in total. The molecule has 27 heavy (non-hydrogen) atoms. The van der Waals surface area contributed by atoms with Crippen LogP contribution in [0.5, 0.6) is 0 Å². The molecule has 1 atom stereocenters. The van der Waals surface area contributed by atoms with Crippen LogP contribution in [0, 0.1) is 0 Å². The first kappa shape index (κ1) is 16.7. The molecular formula is C19H25N7O. The summed E-state index contributed by atoms with van der Waals surface area (Å²) in [4.78, 5) is 8.73. The number of aromatic nitrogens is 6. The Morgan fingerprint density at radius 2 is 2.11 bits per heavy atom. The zero-order valence-corrected chi connectivity index (χ0v) is 15.6. The Morgan fingerprint density at radius 3 is 2.96 bits per heavy atom. The molecule has 0 amide bonds. The molecule has 0 saturated heterocycles. The van der Waals surface area contributed by atoms with E-state index in [2.05, 4.69) is 31.3 Å². The first-order valence-corrected chi connectivity index (χ1v) is 9.85. The predicted molar refractivity (Wildman–Crippen MR) is 101 cm³/mol. The van der Waals surface area contributed by atoms with Crippen LogP contribution in [0.25, 0.3) is 5.78 Å². The maximum Gasteiger partial charge on any atom is 0.254 e. The highest BCUT2D eigenvalue weighted by Gasteiger charge is 2.27. The van der Waals surface area contributed by atoms with E-state index < -0.39 is 0 Å². The van der Waals surface area contributed by atoms with Gasteiger partial charge in [-0.2, -0.15) is 19.7 Å². The second-order valence-electron chi connectivity index (χ2n) is 7.58. The van der Waals surface area contributed by atoms with Gasteiger partial charge in [0, 0.05) is 19.4 Å². The minimum absolute atomic E-state index is 0.182. The van der Waals surface area contributed by atoms with Gasteiger partial charge in [-0.1, -0.05) is 12.8 Å². The Labute approximate surface area is 158 Å². The van der Waals surface area contributed by atoms with Gasteiger partial charge in [0.2, 0.25) is 0 Å². The molecule has 142 valence electrons. The highest BCUT2D eigenvalue weighted by atomic mass is 16.5. The largest absolute Gasteiger partial charge is 0.378 e. The van der Waals surface area contributed by atoms with Crippen molar-refractivity contribution in [2.45, 2.75) is 63.6 Å². The van der Waals surface area contributed by atoms with Crippen molar-refractivity contribution >= 4 is 11.6 Å². The Balaban J connectivity index is 1.47. The Bertz CT molecular complexity index is 941. The van der Waals surface area contributed by atoms with Gasteiger partial charge in [0.25, 0.3) is 5.78 Å². The van der Waals surface area contributed by atoms with Crippen LogP contribution in [0.1, 0.15) is 67.6 Å². The molecule has 1 saturated carbocycles. The van der Waals surface area contributed by atoms with Crippen LogP contribution < -0.4 is 5.32 Å². The van der Waals surface area contributed by atoms with Crippen LogP contribution in [0.3, 0.4) is 0 Å². The van der Waals surface area contributed by atoms with Crippen LogP contribution in [0.2, 0.25) is 0 Å². The molecule has 0 bridgehead atoms. The van der Waals surface area contributed by atoms with Gasteiger partial charge in [-0.15, -0.1) is 0 Å². The normalized spacial score (nSPS) is 20.3. The van der Waals surface area contributed by atoms with E-state index in [9.17, 15) is 0 Å². The lowest BCUT2D eigenvalue weighted by Crippen LogP contribution is -2.19. The lowest BCUT2D eigenvalue weighted by atomic mass is 9.94. The summed E-state index contributed by atoms with van der Waals surface area (Å²) in [5.41, 5.74) is 3.41. The third-order valence-electron chi connectivity index (χ3n) is 5.73. The summed E-state index contributed by atoms with van der Waals surface area (Å²) in [6.45, 7) is 0.449. The number of aryl methyl sites for hydroxylation is 1. The number of nitrogens with zero attached hydrogens (tertiary/aromatic N) is 6. The average Bonchev–Trinajstić information content (AvgIpc) is 3.41. The summed E-state index contributed by atoms with van der Waals surface area (Å²) in [6, 6.07) is 2.75. The fourth-order valence-electron chi connectivity index (χ4n) is 4.42. The van der Waals surface area contributed by atoms with Crippen molar-refractivity contribution in [3.8, 4) is 0 Å². The van der Waals surface area contributed by atoms with E-state index in [1.54, 1.807) is 11.6 Å². The van der Waals surface area contributed by atoms with Crippen LogP contribution in [0.15, 0.2) is 18.6 Å². The van der Waals surface area contributed by atoms with E-state index in [0.29, 0.717) is 18.4 Å². The van der Waals surface area contributed by atoms with Gasteiger partial charge >= 0.3 is 0 Å². The van der Waals surface area contributed by atoms with Crippen molar-refractivity contribution < 1.29 is 4.74 Å². The highest BCUT2D eigenvalue weighted by Crippen LogP contribution is 2.35. The monoisotopic (exact) mass is 367 g/mol. The molecule has 1 fully saturated rings. The predicted octanol–water partition coefficient (Wildman–Crippen LogP) is 3.07. The molecule has 5 rings (SSSR count). The fraction of sp³-hybridized carbons (Fsp3) is 0.579. The summed E-state index contributed by atoms with van der Waals surface area (Å²) >= 11 is 0. The molecule has 1 N–H and O–H groups in total. The minimum Gasteiger partial charge on any atom is -0.378 e. The van der Waals surface area contributed by atoms with Crippen molar-refractivity contribution in [3.63, 3.8) is 0 Å². The summed E-state index contributed by atoms with van der Waals surface area (Å²) < 4.78 is 9.23. The number of ether oxygens (including phenoxy) is 1. The van der Waals surface area contributed by atoms with Crippen molar-refractivity contribution in [2.75, 3.05) is 12.4 Å². The second-order valence-corrected chi connectivity index (χ2v) is 7.58. The van der Waals surface area contributed by atoms with Crippen LogP contribution in [0.4, 0.5) is 5.82 Å². The van der Waals surface area contributed by atoms with Gasteiger partial charge in [0.05, 0.1) is 30.1 Å².